The SMILES string of the molecule is C=C([CH2+])[CH]CC. The van der Waals surface area contributed by atoms with Crippen molar-refractivity contribution in [2.24, 2.45) is 0 Å². The molecular weight excluding hydrogens is 72.1 g/mol. The molecule has 0 aliphatic rings. The zero-order chi connectivity index (χ0) is 4.99. The van der Waals surface area contributed by atoms with Crippen LogP contribution in [0.3, 0.4) is 0 Å². The Morgan fingerprint density at radius 3 is 2.50 bits per heavy atom. The maximum atomic E-state index is 3.58. The third kappa shape index (κ3) is 3.61. The highest BCUT2D eigenvalue weighted by Crippen LogP contribution is 1.94. The Morgan fingerprint density at radius 2 is 2.50 bits per heavy atom. The molecule has 1 radical (unpaired) electrons. The molecule has 0 aliphatic heterocycles. The van der Waals surface area contributed by atoms with Crippen LogP contribution in [0.1, 0.15) is 13.3 Å². The van der Waals surface area contributed by atoms with Gasteiger partial charge >= 0.3 is 0 Å². The van der Waals surface area contributed by atoms with Crippen LogP contribution >= 0.6 is 0 Å². The van der Waals surface area contributed by atoms with Crippen molar-refractivity contribution in [3.8, 4) is 0 Å². The second-order valence-electron chi connectivity index (χ2n) is 1.27. The lowest BCUT2D eigenvalue weighted by Gasteiger charge is -1.78. The third-order valence-electron chi connectivity index (χ3n) is 0.493. The van der Waals surface area contributed by atoms with E-state index >= 15 is 0 Å². The van der Waals surface area contributed by atoms with Crippen molar-refractivity contribution in [3.05, 3.63) is 25.5 Å². The lowest BCUT2D eigenvalue weighted by molar-refractivity contribution is 1.13. The van der Waals surface area contributed by atoms with Crippen molar-refractivity contribution in [1.29, 1.82) is 0 Å². The molecule has 0 aromatic carbocycles. The van der Waals surface area contributed by atoms with Gasteiger partial charge in [-0.15, -0.1) is 0 Å². The lowest BCUT2D eigenvalue weighted by atomic mass is 10.2. The minimum Gasteiger partial charge on any atom is -0.0646 e. The molecular formula is C6H10+. The van der Waals surface area contributed by atoms with Crippen LogP contribution in [0.4, 0.5) is 0 Å². The molecule has 0 unspecified atom stereocenters. The predicted octanol–water partition coefficient (Wildman–Crippen LogP) is 1.99. The van der Waals surface area contributed by atoms with Crippen molar-refractivity contribution in [3.63, 3.8) is 0 Å². The first-order chi connectivity index (χ1) is 2.77. The maximum absolute atomic E-state index is 3.58. The van der Waals surface area contributed by atoms with E-state index in [1.807, 2.05) is 6.42 Å². The summed E-state index contributed by atoms with van der Waals surface area (Å²) in [6.45, 7) is 9.22. The zero-order valence-electron chi connectivity index (χ0n) is 4.20. The molecule has 0 aromatic heterocycles. The molecule has 0 aliphatic carbocycles. The number of allylic oxidation sites excluding steroid dienone is 1. The molecule has 0 atom stereocenters. The first kappa shape index (κ1) is 5.61. The summed E-state index contributed by atoms with van der Waals surface area (Å²) in [5.74, 6) is 0. The van der Waals surface area contributed by atoms with Gasteiger partial charge in [0.2, 0.25) is 0 Å². The molecule has 33 valence electrons. The maximum Gasteiger partial charge on any atom is 0.100 e. The Balaban J connectivity index is 2.83. The van der Waals surface area contributed by atoms with Crippen molar-refractivity contribution >= 4 is 0 Å². The fraction of sp³-hybridized carbons (Fsp3) is 0.333. The van der Waals surface area contributed by atoms with Crippen molar-refractivity contribution in [1.82, 2.24) is 0 Å². The van der Waals surface area contributed by atoms with Gasteiger partial charge in [-0.1, -0.05) is 6.92 Å². The van der Waals surface area contributed by atoms with Crippen LogP contribution in [-0.4, -0.2) is 0 Å². The minimum atomic E-state index is 0.914. The summed E-state index contributed by atoms with van der Waals surface area (Å²) >= 11 is 0. The predicted molar refractivity (Wildman–Crippen MR) is 29.1 cm³/mol. The highest BCUT2D eigenvalue weighted by Gasteiger charge is 1.85. The van der Waals surface area contributed by atoms with E-state index in [1.54, 1.807) is 0 Å². The molecule has 0 saturated heterocycles. The Hall–Kier alpha value is -0.390. The highest BCUT2D eigenvalue weighted by atomic mass is 13.8. The van der Waals surface area contributed by atoms with Gasteiger partial charge in [0.15, 0.2) is 0 Å². The summed E-state index contributed by atoms with van der Waals surface area (Å²) in [5, 5.41) is 0. The zero-order valence-corrected chi connectivity index (χ0v) is 4.20. The summed E-state index contributed by atoms with van der Waals surface area (Å²) in [5.41, 5.74) is 0.914. The quantitative estimate of drug-likeness (QED) is 0.447. The summed E-state index contributed by atoms with van der Waals surface area (Å²) in [6.07, 6.45) is 3.03. The first-order valence-corrected chi connectivity index (χ1v) is 2.11. The van der Waals surface area contributed by atoms with E-state index in [0.717, 1.165) is 12.0 Å². The lowest BCUT2D eigenvalue weighted by Crippen LogP contribution is -1.69. The Morgan fingerprint density at radius 1 is 2.00 bits per heavy atom. The van der Waals surface area contributed by atoms with Crippen LogP contribution in [0.5, 0.6) is 0 Å². The van der Waals surface area contributed by atoms with E-state index in [-0.39, 0.29) is 0 Å². The van der Waals surface area contributed by atoms with E-state index in [4.69, 9.17) is 0 Å². The summed E-state index contributed by atoms with van der Waals surface area (Å²) in [4.78, 5) is 0. The Labute approximate surface area is 39.9 Å². The number of hydrogen-bond acceptors (Lipinski definition) is 0. The largest absolute Gasteiger partial charge is 0.100 e. The van der Waals surface area contributed by atoms with Gasteiger partial charge in [-0.2, -0.15) is 0 Å². The molecule has 0 N–H and O–H groups in total. The summed E-state index contributed by atoms with van der Waals surface area (Å²) in [7, 11) is 0. The van der Waals surface area contributed by atoms with Crippen LogP contribution in [0.2, 0.25) is 0 Å². The van der Waals surface area contributed by atoms with Gasteiger partial charge in [0.1, 0.15) is 5.57 Å². The van der Waals surface area contributed by atoms with Gasteiger partial charge in [0.05, 0.1) is 0 Å². The van der Waals surface area contributed by atoms with Gasteiger partial charge < -0.3 is 0 Å². The summed E-state index contributed by atoms with van der Waals surface area (Å²) in [6, 6.07) is 0. The fourth-order valence-corrected chi connectivity index (χ4v) is 0.289. The van der Waals surface area contributed by atoms with Gasteiger partial charge in [0, 0.05) is 19.9 Å². The molecule has 6 heavy (non-hydrogen) atoms. The second-order valence-corrected chi connectivity index (χ2v) is 1.27. The van der Waals surface area contributed by atoms with E-state index in [1.165, 1.54) is 0 Å². The average Bonchev–Trinajstić information content (AvgIpc) is 1.35. The first-order valence-electron chi connectivity index (χ1n) is 2.11. The molecule has 0 heterocycles. The van der Waals surface area contributed by atoms with Crippen molar-refractivity contribution in [2.45, 2.75) is 13.3 Å². The van der Waals surface area contributed by atoms with Gasteiger partial charge in [0.25, 0.3) is 0 Å². The molecule has 0 heteroatoms. The third-order valence-corrected chi connectivity index (χ3v) is 0.493. The minimum absolute atomic E-state index is 0.914. The molecule has 0 fully saturated rings. The van der Waals surface area contributed by atoms with E-state index in [2.05, 4.69) is 20.4 Å². The molecule has 0 bridgehead atoms. The second kappa shape index (κ2) is 2.83. The van der Waals surface area contributed by atoms with E-state index in [9.17, 15) is 0 Å². The van der Waals surface area contributed by atoms with Crippen LogP contribution < -0.4 is 0 Å². The van der Waals surface area contributed by atoms with Gasteiger partial charge in [-0.25, -0.2) is 0 Å². The standard InChI is InChI=1S/C6H10/c1-4-5-6(2)3/h5H,2-4H2,1H3/q+1. The molecule has 0 amide bonds. The highest BCUT2D eigenvalue weighted by molar-refractivity contribution is 5.09. The van der Waals surface area contributed by atoms with Crippen molar-refractivity contribution < 1.29 is 0 Å². The number of hydrogen-bond donors (Lipinski definition) is 0. The van der Waals surface area contributed by atoms with Gasteiger partial charge in [-0.3, -0.25) is 0 Å². The molecule has 0 rings (SSSR count). The molecule has 0 spiro atoms. The van der Waals surface area contributed by atoms with Crippen LogP contribution in [-0.2, 0) is 0 Å². The molecule has 0 saturated carbocycles. The average molecular weight is 82.1 g/mol. The van der Waals surface area contributed by atoms with E-state index in [0.29, 0.717) is 0 Å². The van der Waals surface area contributed by atoms with Crippen molar-refractivity contribution in [2.75, 3.05) is 0 Å². The van der Waals surface area contributed by atoms with Gasteiger partial charge in [-0.05, 0) is 6.42 Å². The fourth-order valence-electron chi connectivity index (χ4n) is 0.289. The normalized spacial score (nSPS) is 8.17. The molecule has 0 aromatic rings. The molecule has 0 nitrogen and oxygen atoms in total. The van der Waals surface area contributed by atoms with Crippen LogP contribution in [0, 0.1) is 13.3 Å². The smallest absolute Gasteiger partial charge is 0.0646 e. The van der Waals surface area contributed by atoms with Crippen LogP contribution in [0.15, 0.2) is 12.2 Å². The Kier molecular flexibility index (Phi) is 2.64. The topological polar surface area (TPSA) is 0 Å². The van der Waals surface area contributed by atoms with E-state index < -0.39 is 0 Å². The Bertz CT molecular complexity index is 44.0. The monoisotopic (exact) mass is 82.1 g/mol. The number of rotatable bonds is 2. The summed E-state index contributed by atoms with van der Waals surface area (Å²) < 4.78 is 0. The van der Waals surface area contributed by atoms with Crippen LogP contribution in [0.25, 0.3) is 0 Å².